The van der Waals surface area contributed by atoms with Crippen LogP contribution in [0.3, 0.4) is 0 Å². The number of hydrogen-bond acceptors (Lipinski definition) is 1. The van der Waals surface area contributed by atoms with Gasteiger partial charge in [-0.1, -0.05) is 48.0 Å². The van der Waals surface area contributed by atoms with Crippen molar-refractivity contribution < 1.29 is 13.2 Å². The smallest absolute Gasteiger partial charge is 0.324 e. The van der Waals surface area contributed by atoms with Crippen molar-refractivity contribution in [3.63, 3.8) is 0 Å². The Kier molecular flexibility index (Phi) is 5.68. The second-order valence-corrected chi connectivity index (χ2v) is 7.69. The van der Waals surface area contributed by atoms with Gasteiger partial charge in [0.1, 0.15) is 0 Å². The zero-order valence-corrected chi connectivity index (χ0v) is 16.2. The van der Waals surface area contributed by atoms with Gasteiger partial charge in [-0.25, -0.2) is 0 Å². The van der Waals surface area contributed by atoms with E-state index in [2.05, 4.69) is 0 Å². The average Bonchev–Trinajstić information content (AvgIpc) is 2.58. The van der Waals surface area contributed by atoms with Crippen LogP contribution in [0.2, 0.25) is 5.02 Å². The molecule has 2 aromatic carbocycles. The summed E-state index contributed by atoms with van der Waals surface area (Å²) in [5.74, 6) is -1.70. The SMILES string of the molecule is Cc1cc(C(/C=C/c2ccc3c(c2)CCCC3N)C(F)(F)F)cc(Cl)c1C. The molecule has 0 aliphatic heterocycles. The molecule has 3 rings (SSSR count). The van der Waals surface area contributed by atoms with Crippen molar-refractivity contribution in [1.29, 1.82) is 0 Å². The van der Waals surface area contributed by atoms with Gasteiger partial charge in [-0.3, -0.25) is 0 Å². The lowest BCUT2D eigenvalue weighted by Gasteiger charge is -2.22. The summed E-state index contributed by atoms with van der Waals surface area (Å²) in [7, 11) is 0. The molecule has 2 aromatic rings. The first-order valence-corrected chi connectivity index (χ1v) is 9.44. The third kappa shape index (κ3) is 4.39. The van der Waals surface area contributed by atoms with E-state index in [0.717, 1.165) is 47.1 Å². The molecule has 2 unspecified atom stereocenters. The molecule has 0 fully saturated rings. The predicted molar refractivity (Wildman–Crippen MR) is 105 cm³/mol. The summed E-state index contributed by atoms with van der Waals surface area (Å²) in [6.07, 6.45) is 1.24. The third-order valence-corrected chi connectivity index (χ3v) is 5.74. The average molecular weight is 394 g/mol. The van der Waals surface area contributed by atoms with Gasteiger partial charge in [0.2, 0.25) is 0 Å². The van der Waals surface area contributed by atoms with Crippen molar-refractivity contribution in [2.75, 3.05) is 0 Å². The lowest BCUT2D eigenvalue weighted by molar-refractivity contribution is -0.139. The van der Waals surface area contributed by atoms with Crippen molar-refractivity contribution >= 4 is 17.7 Å². The molecular weight excluding hydrogens is 371 g/mol. The number of rotatable bonds is 3. The van der Waals surface area contributed by atoms with E-state index in [1.165, 1.54) is 12.1 Å². The van der Waals surface area contributed by atoms with Gasteiger partial charge in [-0.15, -0.1) is 0 Å². The van der Waals surface area contributed by atoms with Crippen molar-refractivity contribution in [2.24, 2.45) is 5.73 Å². The molecule has 0 saturated carbocycles. The molecule has 1 aliphatic rings. The number of benzene rings is 2. The van der Waals surface area contributed by atoms with E-state index in [4.69, 9.17) is 17.3 Å². The van der Waals surface area contributed by atoms with Gasteiger partial charge in [0.05, 0.1) is 5.92 Å². The standard InChI is InChI=1S/C22H23ClF3N/c1-13-10-17(12-20(23)14(13)2)19(22(24,25)26)9-7-15-6-8-18-16(11-15)4-3-5-21(18)27/h6-12,19,21H,3-5,27H2,1-2H3/b9-7+. The topological polar surface area (TPSA) is 26.0 Å². The number of allylic oxidation sites excluding steroid dienone is 1. The highest BCUT2D eigenvalue weighted by Crippen LogP contribution is 2.39. The van der Waals surface area contributed by atoms with Crippen LogP contribution >= 0.6 is 11.6 Å². The Labute approximate surface area is 163 Å². The second-order valence-electron chi connectivity index (χ2n) is 7.28. The Morgan fingerprint density at radius 3 is 2.59 bits per heavy atom. The van der Waals surface area contributed by atoms with Crippen LogP contribution in [0.15, 0.2) is 36.4 Å². The Morgan fingerprint density at radius 1 is 1.19 bits per heavy atom. The van der Waals surface area contributed by atoms with Gasteiger partial charge >= 0.3 is 6.18 Å². The summed E-state index contributed by atoms with van der Waals surface area (Å²) in [5, 5.41) is 0.357. The molecule has 0 amide bonds. The van der Waals surface area contributed by atoms with Gasteiger partial charge in [0, 0.05) is 11.1 Å². The van der Waals surface area contributed by atoms with Crippen LogP contribution in [0.25, 0.3) is 6.08 Å². The molecular formula is C22H23ClF3N. The zero-order valence-electron chi connectivity index (χ0n) is 15.4. The van der Waals surface area contributed by atoms with E-state index in [9.17, 15) is 13.2 Å². The fourth-order valence-electron chi connectivity index (χ4n) is 3.61. The number of alkyl halides is 3. The van der Waals surface area contributed by atoms with Crippen molar-refractivity contribution in [3.05, 3.63) is 74.8 Å². The fourth-order valence-corrected chi connectivity index (χ4v) is 3.89. The summed E-state index contributed by atoms with van der Waals surface area (Å²) in [6, 6.07) is 8.72. The van der Waals surface area contributed by atoms with E-state index in [1.807, 2.05) is 18.2 Å². The van der Waals surface area contributed by atoms with Crippen LogP contribution in [0.4, 0.5) is 13.2 Å². The Morgan fingerprint density at radius 2 is 1.93 bits per heavy atom. The quantitative estimate of drug-likeness (QED) is 0.620. The monoisotopic (exact) mass is 393 g/mol. The van der Waals surface area contributed by atoms with E-state index < -0.39 is 12.1 Å². The van der Waals surface area contributed by atoms with E-state index in [-0.39, 0.29) is 11.6 Å². The molecule has 144 valence electrons. The Balaban J connectivity index is 1.94. The number of halogens is 4. The molecule has 2 N–H and O–H groups in total. The first-order chi connectivity index (χ1) is 12.7. The van der Waals surface area contributed by atoms with E-state index >= 15 is 0 Å². The predicted octanol–water partition coefficient (Wildman–Crippen LogP) is 6.65. The largest absolute Gasteiger partial charge is 0.399 e. The molecule has 2 atom stereocenters. The zero-order chi connectivity index (χ0) is 19.8. The normalized spacial score (nSPS) is 18.6. The Bertz CT molecular complexity index is 847. The molecule has 0 radical (unpaired) electrons. The maximum atomic E-state index is 13.7. The van der Waals surface area contributed by atoms with Crippen molar-refractivity contribution in [1.82, 2.24) is 0 Å². The summed E-state index contributed by atoms with van der Waals surface area (Å²) in [6.45, 7) is 3.58. The van der Waals surface area contributed by atoms with Gasteiger partial charge in [0.25, 0.3) is 0 Å². The second kappa shape index (κ2) is 7.69. The molecule has 0 aromatic heterocycles. The maximum Gasteiger partial charge on any atom is 0.399 e. The minimum Gasteiger partial charge on any atom is -0.324 e. The van der Waals surface area contributed by atoms with Crippen molar-refractivity contribution in [2.45, 2.75) is 51.2 Å². The van der Waals surface area contributed by atoms with Crippen LogP contribution in [0.5, 0.6) is 0 Å². The molecule has 0 saturated heterocycles. The first-order valence-electron chi connectivity index (χ1n) is 9.07. The molecule has 1 nitrogen and oxygen atoms in total. The lowest BCUT2D eigenvalue weighted by Crippen LogP contribution is -2.19. The number of fused-ring (bicyclic) bond motifs is 1. The van der Waals surface area contributed by atoms with Crippen LogP contribution in [0, 0.1) is 13.8 Å². The van der Waals surface area contributed by atoms with E-state index in [0.29, 0.717) is 5.02 Å². The first kappa shape index (κ1) is 20.0. The van der Waals surface area contributed by atoms with Gasteiger partial charge in [0.15, 0.2) is 0 Å². The molecule has 0 spiro atoms. The summed E-state index contributed by atoms with van der Waals surface area (Å²) < 4.78 is 41.1. The van der Waals surface area contributed by atoms with Crippen LogP contribution in [-0.2, 0) is 6.42 Å². The van der Waals surface area contributed by atoms with Crippen molar-refractivity contribution in [3.8, 4) is 0 Å². The highest BCUT2D eigenvalue weighted by Gasteiger charge is 2.39. The van der Waals surface area contributed by atoms with Gasteiger partial charge in [-0.2, -0.15) is 13.2 Å². The number of nitrogens with two attached hydrogens (primary N) is 1. The minimum absolute atomic E-state index is 0.0207. The van der Waals surface area contributed by atoms with Gasteiger partial charge < -0.3 is 5.73 Å². The molecule has 5 heteroatoms. The van der Waals surface area contributed by atoms with Crippen LogP contribution < -0.4 is 5.73 Å². The number of aryl methyl sites for hydroxylation is 2. The highest BCUT2D eigenvalue weighted by molar-refractivity contribution is 6.31. The Hall–Kier alpha value is -1.78. The lowest BCUT2D eigenvalue weighted by atomic mass is 9.87. The van der Waals surface area contributed by atoms with Gasteiger partial charge in [-0.05, 0) is 72.6 Å². The summed E-state index contributed by atoms with van der Waals surface area (Å²) in [5.41, 5.74) is 10.8. The van der Waals surface area contributed by atoms with Crippen LogP contribution in [-0.4, -0.2) is 6.18 Å². The molecule has 0 bridgehead atoms. The molecule has 1 aliphatic carbocycles. The summed E-state index contributed by atoms with van der Waals surface area (Å²) >= 11 is 6.12. The molecule has 27 heavy (non-hydrogen) atoms. The fraction of sp³-hybridized carbons (Fsp3) is 0.364. The minimum atomic E-state index is -4.39. The highest BCUT2D eigenvalue weighted by atomic mass is 35.5. The van der Waals surface area contributed by atoms with Crippen LogP contribution in [0.1, 0.15) is 58.2 Å². The number of hydrogen-bond donors (Lipinski definition) is 1. The summed E-state index contributed by atoms with van der Waals surface area (Å²) in [4.78, 5) is 0. The maximum absolute atomic E-state index is 13.7. The van der Waals surface area contributed by atoms with E-state index in [1.54, 1.807) is 26.0 Å². The third-order valence-electron chi connectivity index (χ3n) is 5.35. The molecule has 0 heterocycles.